The van der Waals surface area contributed by atoms with Crippen LogP contribution in [0.15, 0.2) is 12.2 Å². The van der Waals surface area contributed by atoms with Crippen LogP contribution >= 0.6 is 0 Å². The zero-order chi connectivity index (χ0) is 11.2. The summed E-state index contributed by atoms with van der Waals surface area (Å²) in [5.74, 6) is 1.92. The molecule has 0 aromatic rings. The van der Waals surface area contributed by atoms with Crippen LogP contribution in [-0.2, 0) is 0 Å². The molecule has 2 atom stereocenters. The molecule has 0 saturated heterocycles. The van der Waals surface area contributed by atoms with Gasteiger partial charge in [-0.05, 0) is 54.8 Å². The van der Waals surface area contributed by atoms with E-state index in [2.05, 4.69) is 26.0 Å². The maximum absolute atomic E-state index is 2.61. The topological polar surface area (TPSA) is 0 Å². The minimum Gasteiger partial charge on any atom is -0.0848 e. The molecule has 0 amide bonds. The predicted molar refractivity (Wildman–Crippen MR) is 69.3 cm³/mol. The maximum Gasteiger partial charge on any atom is -0.00586 e. The van der Waals surface area contributed by atoms with Gasteiger partial charge in [0.15, 0.2) is 0 Å². The van der Waals surface area contributed by atoms with Crippen molar-refractivity contribution in [3.05, 3.63) is 12.2 Å². The third-order valence-electron chi connectivity index (χ3n) is 6.18. The molecule has 2 saturated carbocycles. The normalized spacial score (nSPS) is 39.5. The van der Waals surface area contributed by atoms with Crippen LogP contribution in [-0.4, -0.2) is 0 Å². The first-order valence-electron chi connectivity index (χ1n) is 7.33. The Balaban J connectivity index is 1.83. The van der Waals surface area contributed by atoms with Crippen molar-refractivity contribution < 1.29 is 0 Å². The van der Waals surface area contributed by atoms with Crippen LogP contribution in [0.5, 0.6) is 0 Å². The van der Waals surface area contributed by atoms with Crippen molar-refractivity contribution in [3.63, 3.8) is 0 Å². The van der Waals surface area contributed by atoms with Crippen LogP contribution in [0.4, 0.5) is 0 Å². The van der Waals surface area contributed by atoms with E-state index in [1.807, 2.05) is 0 Å². The second-order valence-corrected chi connectivity index (χ2v) is 7.07. The van der Waals surface area contributed by atoms with Gasteiger partial charge in [-0.15, -0.1) is 0 Å². The fourth-order valence-corrected chi connectivity index (χ4v) is 4.78. The SMILES string of the molecule is CC(C)(C1CCCCC1)C12C=CC(CC1)C2. The molecule has 3 rings (SSSR count). The molecule has 2 fully saturated rings. The summed E-state index contributed by atoms with van der Waals surface area (Å²) in [5, 5.41) is 0. The standard InChI is InChI=1S/C16H26/c1-15(2,14-6-4-3-5-7-14)16-10-8-13(12-16)9-11-16/h8,10,13-14H,3-7,9,11-12H2,1-2H3. The highest BCUT2D eigenvalue weighted by Gasteiger charge is 2.53. The van der Waals surface area contributed by atoms with E-state index in [1.54, 1.807) is 0 Å². The van der Waals surface area contributed by atoms with Crippen molar-refractivity contribution in [1.29, 1.82) is 0 Å². The maximum atomic E-state index is 2.61. The molecular formula is C16H26. The molecule has 3 aliphatic rings. The van der Waals surface area contributed by atoms with E-state index in [-0.39, 0.29) is 0 Å². The van der Waals surface area contributed by atoms with Crippen molar-refractivity contribution in [1.82, 2.24) is 0 Å². The Labute approximate surface area is 101 Å². The summed E-state index contributed by atoms with van der Waals surface area (Å²) in [6.45, 7) is 5.14. The van der Waals surface area contributed by atoms with Crippen LogP contribution in [0.25, 0.3) is 0 Å². The Bertz CT molecular complexity index is 293. The van der Waals surface area contributed by atoms with Crippen molar-refractivity contribution in [2.75, 3.05) is 0 Å². The quantitative estimate of drug-likeness (QED) is 0.575. The van der Waals surface area contributed by atoms with Gasteiger partial charge < -0.3 is 0 Å². The number of allylic oxidation sites excluding steroid dienone is 2. The average molecular weight is 218 g/mol. The highest BCUT2D eigenvalue weighted by atomic mass is 14.6. The number of rotatable bonds is 2. The Morgan fingerprint density at radius 2 is 1.81 bits per heavy atom. The number of hydrogen-bond acceptors (Lipinski definition) is 0. The summed E-state index contributed by atoms with van der Waals surface area (Å²) in [4.78, 5) is 0. The van der Waals surface area contributed by atoms with Crippen molar-refractivity contribution >= 4 is 0 Å². The summed E-state index contributed by atoms with van der Waals surface area (Å²) in [7, 11) is 0. The molecule has 0 aliphatic heterocycles. The zero-order valence-electron chi connectivity index (χ0n) is 11.0. The summed E-state index contributed by atoms with van der Waals surface area (Å²) in [6, 6.07) is 0. The summed E-state index contributed by atoms with van der Waals surface area (Å²) < 4.78 is 0. The Morgan fingerprint density at radius 3 is 2.31 bits per heavy atom. The largest absolute Gasteiger partial charge is 0.0848 e. The van der Waals surface area contributed by atoms with E-state index in [0.29, 0.717) is 10.8 Å². The Kier molecular flexibility index (Phi) is 2.46. The molecule has 0 N–H and O–H groups in total. The Morgan fingerprint density at radius 1 is 1.06 bits per heavy atom. The van der Waals surface area contributed by atoms with Crippen LogP contribution < -0.4 is 0 Å². The lowest BCUT2D eigenvalue weighted by atomic mass is 9.56. The van der Waals surface area contributed by atoms with Gasteiger partial charge in [0.2, 0.25) is 0 Å². The molecule has 90 valence electrons. The molecule has 0 heteroatoms. The minimum atomic E-state index is 0.551. The molecule has 16 heavy (non-hydrogen) atoms. The molecule has 0 spiro atoms. The Hall–Kier alpha value is -0.260. The molecule has 0 nitrogen and oxygen atoms in total. The van der Waals surface area contributed by atoms with Gasteiger partial charge in [0, 0.05) is 0 Å². The van der Waals surface area contributed by atoms with Gasteiger partial charge >= 0.3 is 0 Å². The van der Waals surface area contributed by atoms with Gasteiger partial charge in [0.05, 0.1) is 0 Å². The predicted octanol–water partition coefficient (Wildman–Crippen LogP) is 4.95. The highest BCUT2D eigenvalue weighted by Crippen LogP contribution is 2.62. The molecule has 0 aromatic carbocycles. The molecule has 0 aromatic heterocycles. The summed E-state index contributed by atoms with van der Waals surface area (Å²) >= 11 is 0. The molecule has 3 aliphatic carbocycles. The monoisotopic (exact) mass is 218 g/mol. The van der Waals surface area contributed by atoms with Crippen LogP contribution in [0, 0.1) is 22.7 Å². The number of fused-ring (bicyclic) bond motifs is 2. The smallest absolute Gasteiger partial charge is 0.00586 e. The lowest BCUT2D eigenvalue weighted by molar-refractivity contribution is 0.0344. The lowest BCUT2D eigenvalue weighted by Crippen LogP contribution is -2.40. The van der Waals surface area contributed by atoms with Crippen molar-refractivity contribution in [3.8, 4) is 0 Å². The van der Waals surface area contributed by atoms with Gasteiger partial charge in [-0.25, -0.2) is 0 Å². The third kappa shape index (κ3) is 1.41. The van der Waals surface area contributed by atoms with Crippen molar-refractivity contribution in [2.45, 2.75) is 65.2 Å². The summed E-state index contributed by atoms with van der Waals surface area (Å²) in [5.41, 5.74) is 1.13. The molecular weight excluding hydrogens is 192 g/mol. The van der Waals surface area contributed by atoms with Gasteiger partial charge in [-0.2, -0.15) is 0 Å². The molecule has 2 unspecified atom stereocenters. The van der Waals surface area contributed by atoms with Crippen LogP contribution in [0.1, 0.15) is 65.2 Å². The van der Waals surface area contributed by atoms with E-state index in [4.69, 9.17) is 0 Å². The number of hydrogen-bond donors (Lipinski definition) is 0. The van der Waals surface area contributed by atoms with E-state index < -0.39 is 0 Å². The van der Waals surface area contributed by atoms with Crippen LogP contribution in [0.2, 0.25) is 0 Å². The molecule has 0 radical (unpaired) electrons. The minimum absolute atomic E-state index is 0.551. The van der Waals surface area contributed by atoms with Gasteiger partial charge in [-0.3, -0.25) is 0 Å². The fourth-order valence-electron chi connectivity index (χ4n) is 4.78. The first kappa shape index (κ1) is 10.9. The van der Waals surface area contributed by atoms with Gasteiger partial charge in [0.25, 0.3) is 0 Å². The van der Waals surface area contributed by atoms with E-state index in [1.165, 1.54) is 51.4 Å². The van der Waals surface area contributed by atoms with Crippen LogP contribution in [0.3, 0.4) is 0 Å². The zero-order valence-corrected chi connectivity index (χ0v) is 11.0. The second-order valence-electron chi connectivity index (χ2n) is 7.07. The van der Waals surface area contributed by atoms with E-state index >= 15 is 0 Å². The first-order chi connectivity index (χ1) is 7.64. The van der Waals surface area contributed by atoms with E-state index in [0.717, 1.165) is 11.8 Å². The highest BCUT2D eigenvalue weighted by molar-refractivity contribution is 5.20. The summed E-state index contributed by atoms with van der Waals surface area (Å²) in [6.07, 6.45) is 17.0. The lowest BCUT2D eigenvalue weighted by Gasteiger charge is -2.48. The fraction of sp³-hybridized carbons (Fsp3) is 0.875. The first-order valence-corrected chi connectivity index (χ1v) is 7.33. The molecule has 2 bridgehead atoms. The van der Waals surface area contributed by atoms with Gasteiger partial charge in [0.1, 0.15) is 0 Å². The second kappa shape index (κ2) is 3.62. The van der Waals surface area contributed by atoms with Crippen molar-refractivity contribution in [2.24, 2.45) is 22.7 Å². The third-order valence-corrected chi connectivity index (χ3v) is 6.18. The van der Waals surface area contributed by atoms with E-state index in [9.17, 15) is 0 Å². The average Bonchev–Trinajstić information content (AvgIpc) is 2.92. The van der Waals surface area contributed by atoms with Gasteiger partial charge in [-0.1, -0.05) is 45.3 Å². The molecule has 0 heterocycles.